The maximum absolute atomic E-state index is 12.7. The van der Waals surface area contributed by atoms with Gasteiger partial charge in [0.2, 0.25) is 5.43 Å². The molecular weight excluding hydrogens is 330 g/mol. The highest BCUT2D eigenvalue weighted by molar-refractivity contribution is 6.30. The van der Waals surface area contributed by atoms with Crippen molar-refractivity contribution in [1.82, 2.24) is 4.98 Å². The summed E-state index contributed by atoms with van der Waals surface area (Å²) in [5, 5.41) is 0.918. The summed E-state index contributed by atoms with van der Waals surface area (Å²) in [4.78, 5) is 28.3. The molecule has 0 saturated heterocycles. The van der Waals surface area contributed by atoms with E-state index in [-0.39, 0.29) is 16.8 Å². The normalized spacial score (nSPS) is 13.0. The standard InChI is InChI=1S/C18H12ClNO4/c19-11-3-1-10(2-4-11)17(21)13-9-20-14-8-16-15(23-5-6-24-16)7-12(14)18(13)22/h1-4,7-9H,5-6H2,(H,20,22). The van der Waals surface area contributed by atoms with Gasteiger partial charge in [-0.2, -0.15) is 0 Å². The molecule has 0 amide bonds. The molecule has 1 aliphatic rings. The highest BCUT2D eigenvalue weighted by atomic mass is 35.5. The van der Waals surface area contributed by atoms with E-state index in [4.69, 9.17) is 21.1 Å². The first-order valence-electron chi connectivity index (χ1n) is 7.39. The van der Waals surface area contributed by atoms with Crippen molar-refractivity contribution in [3.63, 3.8) is 0 Å². The Morgan fingerprint density at radius 3 is 2.42 bits per heavy atom. The molecule has 1 aliphatic heterocycles. The number of pyridine rings is 1. The summed E-state index contributed by atoms with van der Waals surface area (Å²) in [6.45, 7) is 0.898. The van der Waals surface area contributed by atoms with Gasteiger partial charge in [0.05, 0.1) is 16.5 Å². The van der Waals surface area contributed by atoms with Crippen molar-refractivity contribution in [3.8, 4) is 11.5 Å². The second-order valence-corrected chi connectivity index (χ2v) is 5.85. The lowest BCUT2D eigenvalue weighted by Gasteiger charge is -2.18. The second kappa shape index (κ2) is 5.69. The number of benzene rings is 2. The quantitative estimate of drug-likeness (QED) is 0.727. The van der Waals surface area contributed by atoms with Gasteiger partial charge in [0.25, 0.3) is 0 Å². The molecule has 0 spiro atoms. The first-order chi connectivity index (χ1) is 11.6. The van der Waals surface area contributed by atoms with Gasteiger partial charge in [-0.25, -0.2) is 0 Å². The Hall–Kier alpha value is -2.79. The van der Waals surface area contributed by atoms with Crippen LogP contribution in [-0.4, -0.2) is 24.0 Å². The van der Waals surface area contributed by atoms with Crippen molar-refractivity contribution in [2.24, 2.45) is 0 Å². The fourth-order valence-corrected chi connectivity index (χ4v) is 2.81. The lowest BCUT2D eigenvalue weighted by Crippen LogP contribution is -2.19. The molecule has 6 heteroatoms. The number of H-pyrrole nitrogens is 1. The maximum Gasteiger partial charge on any atom is 0.200 e. The Morgan fingerprint density at radius 2 is 1.71 bits per heavy atom. The molecular formula is C18H12ClNO4. The number of hydrogen-bond acceptors (Lipinski definition) is 4. The van der Waals surface area contributed by atoms with Crippen molar-refractivity contribution in [3.05, 3.63) is 69.0 Å². The lowest BCUT2D eigenvalue weighted by molar-refractivity contribution is 0.103. The molecule has 4 rings (SSSR count). The zero-order valence-corrected chi connectivity index (χ0v) is 13.2. The zero-order chi connectivity index (χ0) is 16.7. The summed E-state index contributed by atoms with van der Waals surface area (Å²) in [6, 6.07) is 9.75. The van der Waals surface area contributed by atoms with Crippen LogP contribution in [0.2, 0.25) is 5.02 Å². The van der Waals surface area contributed by atoms with Crippen molar-refractivity contribution in [1.29, 1.82) is 0 Å². The van der Waals surface area contributed by atoms with Crippen molar-refractivity contribution in [2.45, 2.75) is 0 Å². The SMILES string of the molecule is O=C(c1ccc(Cl)cc1)c1c[nH]c2cc3c(cc2c1=O)OCCO3. The predicted molar refractivity (Wildman–Crippen MR) is 90.4 cm³/mol. The molecule has 0 fully saturated rings. The van der Waals surface area contributed by atoms with Gasteiger partial charge in [-0.15, -0.1) is 0 Å². The molecule has 3 aromatic rings. The molecule has 0 unspecified atom stereocenters. The molecule has 0 radical (unpaired) electrons. The van der Waals surface area contributed by atoms with Crippen LogP contribution in [0.15, 0.2) is 47.4 Å². The van der Waals surface area contributed by atoms with Crippen molar-refractivity contribution >= 4 is 28.3 Å². The summed E-state index contributed by atoms with van der Waals surface area (Å²) in [5.41, 5.74) is 0.723. The van der Waals surface area contributed by atoms with Crippen LogP contribution in [-0.2, 0) is 0 Å². The van der Waals surface area contributed by atoms with E-state index >= 15 is 0 Å². The minimum absolute atomic E-state index is 0.0708. The zero-order valence-electron chi connectivity index (χ0n) is 12.5. The number of fused-ring (bicyclic) bond motifs is 2. The number of carbonyl (C=O) groups is 1. The van der Waals surface area contributed by atoms with Gasteiger partial charge >= 0.3 is 0 Å². The summed E-state index contributed by atoms with van der Waals surface area (Å²) in [6.07, 6.45) is 1.43. The first kappa shape index (κ1) is 14.8. The van der Waals surface area contributed by atoms with Crippen molar-refractivity contribution < 1.29 is 14.3 Å². The molecule has 0 aliphatic carbocycles. The summed E-state index contributed by atoms with van der Waals surface area (Å²) >= 11 is 5.83. The maximum atomic E-state index is 12.7. The number of ether oxygens (including phenoxy) is 2. The molecule has 2 aromatic carbocycles. The lowest BCUT2D eigenvalue weighted by atomic mass is 10.0. The number of hydrogen-bond donors (Lipinski definition) is 1. The van der Waals surface area contributed by atoms with Crippen LogP contribution in [0.25, 0.3) is 10.9 Å². The van der Waals surface area contributed by atoms with E-state index < -0.39 is 0 Å². The topological polar surface area (TPSA) is 68.4 Å². The van der Waals surface area contributed by atoms with Crippen LogP contribution < -0.4 is 14.9 Å². The number of rotatable bonds is 2. The Kier molecular flexibility index (Phi) is 3.50. The van der Waals surface area contributed by atoms with E-state index in [0.717, 1.165) is 0 Å². The van der Waals surface area contributed by atoms with Gasteiger partial charge in [0.1, 0.15) is 13.2 Å². The molecule has 2 heterocycles. The van der Waals surface area contributed by atoms with E-state index in [9.17, 15) is 9.59 Å². The second-order valence-electron chi connectivity index (χ2n) is 5.41. The summed E-state index contributed by atoms with van der Waals surface area (Å²) < 4.78 is 11.0. The van der Waals surface area contributed by atoms with Gasteiger partial charge in [-0.1, -0.05) is 11.6 Å². The number of ketones is 1. The molecule has 0 atom stereocenters. The number of aromatic amines is 1. The smallest absolute Gasteiger partial charge is 0.200 e. The Morgan fingerprint density at radius 1 is 1.04 bits per heavy atom. The van der Waals surface area contributed by atoms with Crippen LogP contribution in [0.5, 0.6) is 11.5 Å². The fraction of sp³-hybridized carbons (Fsp3) is 0.111. The van der Waals surface area contributed by atoms with E-state index in [2.05, 4.69) is 4.98 Å². The largest absolute Gasteiger partial charge is 0.486 e. The number of carbonyl (C=O) groups excluding carboxylic acids is 1. The Balaban J connectivity index is 1.85. The monoisotopic (exact) mass is 341 g/mol. The molecule has 1 aromatic heterocycles. The molecule has 120 valence electrons. The first-order valence-corrected chi connectivity index (χ1v) is 7.76. The Labute approximate surface area is 141 Å². The minimum atomic E-state index is -0.357. The summed E-state index contributed by atoms with van der Waals surface area (Å²) in [7, 11) is 0. The van der Waals surface area contributed by atoms with Crippen LogP contribution in [0.3, 0.4) is 0 Å². The van der Waals surface area contributed by atoms with Crippen molar-refractivity contribution in [2.75, 3.05) is 13.2 Å². The van der Waals surface area contributed by atoms with Crippen LogP contribution >= 0.6 is 11.6 Å². The van der Waals surface area contributed by atoms with E-state index in [1.807, 2.05) is 0 Å². The third kappa shape index (κ3) is 2.43. The van der Waals surface area contributed by atoms with Gasteiger partial charge < -0.3 is 14.5 Å². The predicted octanol–water partition coefficient (Wildman–Crippen LogP) is 3.18. The van der Waals surface area contributed by atoms with Crippen LogP contribution in [0.4, 0.5) is 0 Å². The van der Waals surface area contributed by atoms with E-state index in [0.29, 0.717) is 46.2 Å². The summed E-state index contributed by atoms with van der Waals surface area (Å²) in [5.74, 6) is 0.737. The van der Waals surface area contributed by atoms with E-state index in [1.54, 1.807) is 36.4 Å². The average Bonchev–Trinajstić information content (AvgIpc) is 2.61. The minimum Gasteiger partial charge on any atom is -0.486 e. The van der Waals surface area contributed by atoms with Crippen LogP contribution in [0, 0.1) is 0 Å². The Bertz CT molecular complexity index is 1010. The van der Waals surface area contributed by atoms with Gasteiger partial charge in [-0.3, -0.25) is 9.59 Å². The van der Waals surface area contributed by atoms with Gasteiger partial charge in [0.15, 0.2) is 17.3 Å². The highest BCUT2D eigenvalue weighted by Crippen LogP contribution is 2.33. The fourth-order valence-electron chi connectivity index (χ4n) is 2.68. The third-order valence-corrected chi connectivity index (χ3v) is 4.15. The molecule has 0 saturated carbocycles. The average molecular weight is 342 g/mol. The molecule has 24 heavy (non-hydrogen) atoms. The van der Waals surface area contributed by atoms with Gasteiger partial charge in [0, 0.05) is 22.8 Å². The third-order valence-electron chi connectivity index (χ3n) is 3.89. The van der Waals surface area contributed by atoms with Gasteiger partial charge in [-0.05, 0) is 30.3 Å². The number of halogens is 1. The molecule has 0 bridgehead atoms. The molecule has 1 N–H and O–H groups in total. The number of aromatic nitrogens is 1. The number of nitrogens with one attached hydrogen (secondary N) is 1. The van der Waals surface area contributed by atoms with E-state index in [1.165, 1.54) is 6.20 Å². The van der Waals surface area contributed by atoms with Crippen LogP contribution in [0.1, 0.15) is 15.9 Å². The highest BCUT2D eigenvalue weighted by Gasteiger charge is 2.18. The molecule has 5 nitrogen and oxygen atoms in total.